The van der Waals surface area contributed by atoms with Crippen LogP contribution in [0, 0.1) is 6.92 Å². The molecule has 1 saturated heterocycles. The summed E-state index contributed by atoms with van der Waals surface area (Å²) < 4.78 is 0. The largest absolute Gasteiger partial charge is 0.370 e. The lowest BCUT2D eigenvalue weighted by Gasteiger charge is -2.27. The molecular weight excluding hydrogens is 447 g/mol. The molecule has 0 atom stereocenters. The van der Waals surface area contributed by atoms with Gasteiger partial charge in [-0.2, -0.15) is 11.8 Å². The molecule has 2 rings (SSSR count). The van der Waals surface area contributed by atoms with Gasteiger partial charge in [0.2, 0.25) is 5.91 Å². The van der Waals surface area contributed by atoms with Crippen molar-refractivity contribution in [1.29, 1.82) is 0 Å². The van der Waals surface area contributed by atoms with Crippen LogP contribution in [0.15, 0.2) is 23.2 Å². The van der Waals surface area contributed by atoms with Gasteiger partial charge in [-0.1, -0.05) is 17.7 Å². The summed E-state index contributed by atoms with van der Waals surface area (Å²) in [4.78, 5) is 18.3. The zero-order valence-electron chi connectivity index (χ0n) is 13.0. The van der Waals surface area contributed by atoms with Crippen LogP contribution in [0.2, 0.25) is 5.02 Å². The van der Waals surface area contributed by atoms with E-state index in [4.69, 9.17) is 17.3 Å². The molecule has 1 aromatic carbocycles. The Balaban J connectivity index is 0.00000264. The van der Waals surface area contributed by atoms with Gasteiger partial charge in [0.15, 0.2) is 5.96 Å². The lowest BCUT2D eigenvalue weighted by Crippen LogP contribution is -2.42. The minimum absolute atomic E-state index is 0. The van der Waals surface area contributed by atoms with Crippen molar-refractivity contribution in [2.75, 3.05) is 36.5 Å². The van der Waals surface area contributed by atoms with Gasteiger partial charge in [0.05, 0.1) is 6.54 Å². The van der Waals surface area contributed by atoms with Crippen LogP contribution in [0.25, 0.3) is 0 Å². The highest BCUT2D eigenvalue weighted by Gasteiger charge is 2.12. The number of carbonyl (C=O) groups excluding carboxylic acids is 1. The molecule has 0 aliphatic carbocycles. The maximum Gasteiger partial charge on any atom is 0.226 e. The fraction of sp³-hybridized carbons (Fsp3) is 0.467. The maximum absolute atomic E-state index is 12.0. The first-order chi connectivity index (χ1) is 10.6. The van der Waals surface area contributed by atoms with Crippen LogP contribution in [0.3, 0.4) is 0 Å². The molecule has 0 bridgehead atoms. The van der Waals surface area contributed by atoms with E-state index in [-0.39, 0.29) is 29.9 Å². The molecule has 128 valence electrons. The number of thioether (sulfide) groups is 1. The Morgan fingerprint density at radius 1 is 1.43 bits per heavy atom. The molecule has 0 unspecified atom stereocenters. The summed E-state index contributed by atoms with van der Waals surface area (Å²) >= 11 is 7.95. The summed E-state index contributed by atoms with van der Waals surface area (Å²) in [6, 6.07) is 5.45. The van der Waals surface area contributed by atoms with Gasteiger partial charge in [-0.05, 0) is 24.6 Å². The first kappa shape index (κ1) is 20.4. The van der Waals surface area contributed by atoms with Crippen molar-refractivity contribution in [3.05, 3.63) is 28.8 Å². The van der Waals surface area contributed by atoms with Crippen molar-refractivity contribution in [2.24, 2.45) is 10.7 Å². The van der Waals surface area contributed by atoms with E-state index in [1.54, 1.807) is 6.07 Å². The van der Waals surface area contributed by atoms with E-state index in [0.29, 0.717) is 23.9 Å². The summed E-state index contributed by atoms with van der Waals surface area (Å²) in [7, 11) is 0. The molecule has 1 aromatic rings. The number of guanidine groups is 1. The van der Waals surface area contributed by atoms with Crippen molar-refractivity contribution >= 4 is 64.9 Å². The fourth-order valence-electron chi connectivity index (χ4n) is 2.12. The van der Waals surface area contributed by atoms with Gasteiger partial charge < -0.3 is 16.0 Å². The number of halogens is 2. The molecule has 5 nitrogen and oxygen atoms in total. The van der Waals surface area contributed by atoms with Crippen LogP contribution in [-0.2, 0) is 4.79 Å². The summed E-state index contributed by atoms with van der Waals surface area (Å²) in [6.45, 7) is 4.12. The standard InChI is InChI=1S/C15H21ClN4OS.HI/c1-11-12(16)3-2-4-13(11)19-14(21)5-6-18-15(17)20-7-9-22-10-8-20;/h2-4H,5-10H2,1H3,(H2,17,18)(H,19,21);1H. The number of amides is 1. The van der Waals surface area contributed by atoms with Gasteiger partial charge in [0.1, 0.15) is 0 Å². The first-order valence-corrected chi connectivity index (χ1v) is 8.79. The van der Waals surface area contributed by atoms with Gasteiger partial charge in [-0.25, -0.2) is 0 Å². The summed E-state index contributed by atoms with van der Waals surface area (Å²) in [6.07, 6.45) is 0.301. The Hall–Kier alpha value is -0.670. The number of benzene rings is 1. The minimum Gasteiger partial charge on any atom is -0.370 e. The predicted octanol–water partition coefficient (Wildman–Crippen LogP) is 2.96. The Morgan fingerprint density at radius 3 is 2.83 bits per heavy atom. The third kappa shape index (κ3) is 6.39. The summed E-state index contributed by atoms with van der Waals surface area (Å²) in [5.41, 5.74) is 7.55. The highest BCUT2D eigenvalue weighted by Crippen LogP contribution is 2.22. The van der Waals surface area contributed by atoms with Crippen molar-refractivity contribution in [2.45, 2.75) is 13.3 Å². The smallest absolute Gasteiger partial charge is 0.226 e. The van der Waals surface area contributed by atoms with Gasteiger partial charge >= 0.3 is 0 Å². The average Bonchev–Trinajstić information content (AvgIpc) is 2.52. The number of carbonyl (C=O) groups is 1. The van der Waals surface area contributed by atoms with E-state index in [1.165, 1.54) is 0 Å². The van der Waals surface area contributed by atoms with Crippen LogP contribution >= 0.6 is 47.3 Å². The minimum atomic E-state index is -0.0869. The topological polar surface area (TPSA) is 70.7 Å². The van der Waals surface area contributed by atoms with Crippen LogP contribution in [0.1, 0.15) is 12.0 Å². The first-order valence-electron chi connectivity index (χ1n) is 7.25. The predicted molar refractivity (Wildman–Crippen MR) is 110 cm³/mol. The zero-order valence-corrected chi connectivity index (χ0v) is 17.0. The number of nitrogens with one attached hydrogen (secondary N) is 1. The molecule has 3 N–H and O–H groups in total. The Kier molecular flexibility index (Phi) is 9.08. The molecule has 23 heavy (non-hydrogen) atoms. The zero-order chi connectivity index (χ0) is 15.9. The SMILES string of the molecule is Cc1c(Cl)cccc1NC(=O)CCN=C(N)N1CCSCC1.I. The van der Waals surface area contributed by atoms with Gasteiger partial charge in [-0.15, -0.1) is 24.0 Å². The maximum atomic E-state index is 12.0. The van der Waals surface area contributed by atoms with Gasteiger partial charge in [0, 0.05) is 41.7 Å². The van der Waals surface area contributed by atoms with E-state index in [0.717, 1.165) is 35.8 Å². The van der Waals surface area contributed by atoms with Crippen LogP contribution in [0.5, 0.6) is 0 Å². The number of nitrogens with zero attached hydrogens (tertiary/aromatic N) is 2. The van der Waals surface area contributed by atoms with Crippen LogP contribution < -0.4 is 11.1 Å². The average molecular weight is 469 g/mol. The van der Waals surface area contributed by atoms with Crippen LogP contribution in [-0.4, -0.2) is 47.9 Å². The second kappa shape index (κ2) is 10.2. The Morgan fingerprint density at radius 2 is 2.13 bits per heavy atom. The van der Waals surface area contributed by atoms with E-state index in [2.05, 4.69) is 15.2 Å². The van der Waals surface area contributed by atoms with Gasteiger partial charge in [0.25, 0.3) is 0 Å². The highest BCUT2D eigenvalue weighted by molar-refractivity contribution is 14.0. The molecule has 0 radical (unpaired) electrons. The summed E-state index contributed by atoms with van der Waals surface area (Å²) in [5.74, 6) is 2.60. The van der Waals surface area contributed by atoms with Crippen molar-refractivity contribution in [3.63, 3.8) is 0 Å². The molecule has 1 aliphatic rings. The third-order valence-electron chi connectivity index (χ3n) is 3.49. The number of rotatable bonds is 4. The number of nitrogens with two attached hydrogens (primary N) is 1. The van der Waals surface area contributed by atoms with Crippen molar-refractivity contribution in [1.82, 2.24) is 4.90 Å². The monoisotopic (exact) mass is 468 g/mol. The Bertz CT molecular complexity index is 564. The van der Waals surface area contributed by atoms with Crippen molar-refractivity contribution < 1.29 is 4.79 Å². The molecule has 0 saturated carbocycles. The molecule has 1 aliphatic heterocycles. The molecule has 0 aromatic heterocycles. The highest BCUT2D eigenvalue weighted by atomic mass is 127. The van der Waals surface area contributed by atoms with Crippen LogP contribution in [0.4, 0.5) is 5.69 Å². The lowest BCUT2D eigenvalue weighted by atomic mass is 10.2. The van der Waals surface area contributed by atoms with E-state index in [1.807, 2.05) is 30.8 Å². The second-order valence-electron chi connectivity index (χ2n) is 5.05. The number of hydrogen-bond donors (Lipinski definition) is 2. The molecule has 1 heterocycles. The van der Waals surface area contributed by atoms with Gasteiger partial charge in [-0.3, -0.25) is 9.79 Å². The van der Waals surface area contributed by atoms with E-state index in [9.17, 15) is 4.79 Å². The quantitative estimate of drug-likeness (QED) is 0.405. The number of anilines is 1. The molecule has 8 heteroatoms. The number of aliphatic imine (C=N–C) groups is 1. The van der Waals surface area contributed by atoms with E-state index < -0.39 is 0 Å². The molecule has 1 amide bonds. The second-order valence-corrected chi connectivity index (χ2v) is 6.68. The Labute approximate surface area is 163 Å². The van der Waals surface area contributed by atoms with E-state index >= 15 is 0 Å². The molecule has 1 fully saturated rings. The summed E-state index contributed by atoms with van der Waals surface area (Å²) in [5, 5.41) is 3.50. The lowest BCUT2D eigenvalue weighted by molar-refractivity contribution is -0.116. The fourth-order valence-corrected chi connectivity index (χ4v) is 3.20. The van der Waals surface area contributed by atoms with Crippen molar-refractivity contribution in [3.8, 4) is 0 Å². The third-order valence-corrected chi connectivity index (χ3v) is 4.84. The molecular formula is C15H22ClIN4OS. The normalized spacial score (nSPS) is 15.0. The number of hydrogen-bond acceptors (Lipinski definition) is 3. The molecule has 0 spiro atoms.